The maximum atomic E-state index is 13.0. The third-order valence-corrected chi connectivity index (χ3v) is 3.00. The quantitative estimate of drug-likeness (QED) is 0.828. The number of nitrogen functional groups attached to an aromatic ring is 1. The second-order valence-electron chi connectivity index (χ2n) is 4.50. The molecule has 110 valence electrons. The van der Waals surface area contributed by atoms with Gasteiger partial charge in [-0.05, 0) is 30.3 Å². The molecule has 1 aliphatic rings. The topological polar surface area (TPSA) is 56.5 Å². The van der Waals surface area contributed by atoms with Crippen molar-refractivity contribution in [1.82, 2.24) is 0 Å². The van der Waals surface area contributed by atoms with Crippen molar-refractivity contribution < 1.29 is 22.6 Å². The summed E-state index contributed by atoms with van der Waals surface area (Å²) in [6.45, 7) is 0.106. The van der Waals surface area contributed by atoms with Crippen molar-refractivity contribution in [2.45, 2.75) is 6.18 Å². The monoisotopic (exact) mass is 296 g/mol. The fourth-order valence-electron chi connectivity index (χ4n) is 2.04. The summed E-state index contributed by atoms with van der Waals surface area (Å²) in [5.74, 6) is 1.05. The Morgan fingerprint density at radius 1 is 1.00 bits per heavy atom. The van der Waals surface area contributed by atoms with Crippen LogP contribution in [-0.2, 0) is 6.18 Å². The minimum Gasteiger partial charge on any atom is -0.454 e. The van der Waals surface area contributed by atoms with Crippen molar-refractivity contribution in [2.24, 2.45) is 0 Å². The van der Waals surface area contributed by atoms with E-state index in [1.165, 1.54) is 12.1 Å². The molecule has 2 aromatic carbocycles. The fraction of sp³-hybridized carbons (Fsp3) is 0.143. The van der Waals surface area contributed by atoms with Crippen LogP contribution in [0.2, 0.25) is 0 Å². The van der Waals surface area contributed by atoms with Crippen LogP contribution in [0.4, 0.5) is 30.2 Å². The predicted molar refractivity (Wildman–Crippen MR) is 71.7 cm³/mol. The summed E-state index contributed by atoms with van der Waals surface area (Å²) in [6.07, 6.45) is -4.49. The van der Waals surface area contributed by atoms with E-state index in [4.69, 9.17) is 15.2 Å². The summed E-state index contributed by atoms with van der Waals surface area (Å²) >= 11 is 0. The Morgan fingerprint density at radius 2 is 1.76 bits per heavy atom. The molecule has 0 spiro atoms. The highest BCUT2D eigenvalue weighted by Crippen LogP contribution is 2.39. The summed E-state index contributed by atoms with van der Waals surface area (Å²) in [5.41, 5.74) is 5.06. The Labute approximate surface area is 118 Å². The van der Waals surface area contributed by atoms with E-state index in [0.717, 1.165) is 6.07 Å². The highest BCUT2D eigenvalue weighted by Gasteiger charge is 2.33. The molecule has 4 nitrogen and oxygen atoms in total. The number of ether oxygens (including phenoxy) is 2. The molecular formula is C14H11F3N2O2. The van der Waals surface area contributed by atoms with E-state index >= 15 is 0 Å². The van der Waals surface area contributed by atoms with Crippen molar-refractivity contribution >= 4 is 17.1 Å². The number of fused-ring (bicyclic) bond motifs is 1. The van der Waals surface area contributed by atoms with Gasteiger partial charge < -0.3 is 20.5 Å². The number of benzene rings is 2. The molecule has 1 heterocycles. The molecule has 0 aromatic heterocycles. The first-order valence-electron chi connectivity index (χ1n) is 6.07. The molecule has 0 aliphatic carbocycles. The highest BCUT2D eigenvalue weighted by atomic mass is 19.4. The number of nitrogens with two attached hydrogens (primary N) is 1. The van der Waals surface area contributed by atoms with Crippen LogP contribution in [-0.4, -0.2) is 6.79 Å². The van der Waals surface area contributed by atoms with Gasteiger partial charge in [0.1, 0.15) is 0 Å². The van der Waals surface area contributed by atoms with Crippen LogP contribution in [0.25, 0.3) is 0 Å². The number of alkyl halides is 3. The number of rotatable bonds is 2. The van der Waals surface area contributed by atoms with E-state index in [2.05, 4.69) is 5.32 Å². The van der Waals surface area contributed by atoms with Crippen molar-refractivity contribution in [3.05, 3.63) is 42.0 Å². The zero-order chi connectivity index (χ0) is 15.0. The number of hydrogen-bond acceptors (Lipinski definition) is 4. The van der Waals surface area contributed by atoms with Gasteiger partial charge in [-0.3, -0.25) is 0 Å². The number of anilines is 3. The molecule has 0 unspecified atom stereocenters. The Morgan fingerprint density at radius 3 is 2.52 bits per heavy atom. The number of halogens is 3. The van der Waals surface area contributed by atoms with Gasteiger partial charge in [-0.1, -0.05) is 0 Å². The van der Waals surface area contributed by atoms with Crippen LogP contribution in [0, 0.1) is 0 Å². The standard InChI is InChI=1S/C14H11F3N2O2/c15-14(16,17)10-5-8(18)1-3-11(10)19-9-2-4-12-13(6-9)21-7-20-12/h1-6,19H,7,18H2. The van der Waals surface area contributed by atoms with Gasteiger partial charge in [-0.25, -0.2) is 0 Å². The van der Waals surface area contributed by atoms with E-state index in [-0.39, 0.29) is 18.2 Å². The van der Waals surface area contributed by atoms with Crippen molar-refractivity contribution in [3.8, 4) is 11.5 Å². The number of nitrogens with one attached hydrogen (secondary N) is 1. The average molecular weight is 296 g/mol. The van der Waals surface area contributed by atoms with Crippen LogP contribution < -0.4 is 20.5 Å². The summed E-state index contributed by atoms with van der Waals surface area (Å²) in [4.78, 5) is 0. The largest absolute Gasteiger partial charge is 0.454 e. The molecule has 1 aliphatic heterocycles. The molecule has 7 heteroatoms. The van der Waals surface area contributed by atoms with Crippen molar-refractivity contribution in [3.63, 3.8) is 0 Å². The molecule has 21 heavy (non-hydrogen) atoms. The van der Waals surface area contributed by atoms with Gasteiger partial charge in [0.2, 0.25) is 6.79 Å². The van der Waals surface area contributed by atoms with E-state index in [9.17, 15) is 13.2 Å². The Hall–Kier alpha value is -2.57. The fourth-order valence-corrected chi connectivity index (χ4v) is 2.04. The molecule has 3 rings (SSSR count). The van der Waals surface area contributed by atoms with Crippen LogP contribution >= 0.6 is 0 Å². The second kappa shape index (κ2) is 4.76. The Balaban J connectivity index is 1.95. The third kappa shape index (κ3) is 2.67. The van der Waals surface area contributed by atoms with Gasteiger partial charge >= 0.3 is 6.18 Å². The Bertz CT molecular complexity index is 686. The lowest BCUT2D eigenvalue weighted by Gasteiger charge is -2.15. The highest BCUT2D eigenvalue weighted by molar-refractivity contribution is 5.69. The first kappa shape index (κ1) is 13.4. The summed E-state index contributed by atoms with van der Waals surface area (Å²) in [6, 6.07) is 8.43. The molecule has 0 radical (unpaired) electrons. The molecule has 0 bridgehead atoms. The smallest absolute Gasteiger partial charge is 0.418 e. The SMILES string of the molecule is Nc1ccc(Nc2ccc3c(c2)OCO3)c(C(F)(F)F)c1. The van der Waals surface area contributed by atoms with Crippen LogP contribution in [0.3, 0.4) is 0 Å². The molecule has 0 amide bonds. The normalized spacial score (nSPS) is 13.3. The van der Waals surface area contributed by atoms with E-state index < -0.39 is 11.7 Å². The molecular weight excluding hydrogens is 285 g/mol. The van der Waals surface area contributed by atoms with E-state index in [1.807, 2.05) is 0 Å². The molecule has 0 saturated heterocycles. The van der Waals surface area contributed by atoms with Crippen LogP contribution in [0.15, 0.2) is 36.4 Å². The zero-order valence-electron chi connectivity index (χ0n) is 10.7. The molecule has 0 atom stereocenters. The van der Waals surface area contributed by atoms with Crippen molar-refractivity contribution in [2.75, 3.05) is 17.8 Å². The van der Waals surface area contributed by atoms with Crippen LogP contribution in [0.1, 0.15) is 5.56 Å². The lowest BCUT2D eigenvalue weighted by molar-refractivity contribution is -0.136. The minimum absolute atomic E-state index is 0.0542. The summed E-state index contributed by atoms with van der Waals surface area (Å²) in [7, 11) is 0. The average Bonchev–Trinajstić information content (AvgIpc) is 2.87. The maximum Gasteiger partial charge on any atom is 0.418 e. The molecule has 3 N–H and O–H groups in total. The third-order valence-electron chi connectivity index (χ3n) is 3.00. The Kier molecular flexibility index (Phi) is 3.04. The van der Waals surface area contributed by atoms with Gasteiger partial charge in [0.05, 0.1) is 11.3 Å². The lowest BCUT2D eigenvalue weighted by atomic mass is 10.1. The maximum absolute atomic E-state index is 13.0. The molecule has 0 fully saturated rings. The minimum atomic E-state index is -4.49. The van der Waals surface area contributed by atoms with Gasteiger partial charge in [-0.2, -0.15) is 13.2 Å². The summed E-state index contributed by atoms with van der Waals surface area (Å²) in [5, 5.41) is 2.72. The van der Waals surface area contributed by atoms with Gasteiger partial charge in [0, 0.05) is 17.4 Å². The van der Waals surface area contributed by atoms with Crippen LogP contribution in [0.5, 0.6) is 11.5 Å². The van der Waals surface area contributed by atoms with Gasteiger partial charge in [-0.15, -0.1) is 0 Å². The summed E-state index contributed by atoms with van der Waals surface area (Å²) < 4.78 is 49.4. The first-order chi connectivity index (χ1) is 9.93. The first-order valence-corrected chi connectivity index (χ1v) is 6.07. The number of hydrogen-bond donors (Lipinski definition) is 2. The van der Waals surface area contributed by atoms with Gasteiger partial charge in [0.25, 0.3) is 0 Å². The van der Waals surface area contributed by atoms with Gasteiger partial charge in [0.15, 0.2) is 11.5 Å². The lowest BCUT2D eigenvalue weighted by Crippen LogP contribution is -2.09. The van der Waals surface area contributed by atoms with Crippen molar-refractivity contribution in [1.29, 1.82) is 0 Å². The zero-order valence-corrected chi connectivity index (χ0v) is 10.7. The molecule has 0 saturated carbocycles. The van der Waals surface area contributed by atoms with E-state index in [1.54, 1.807) is 18.2 Å². The van der Waals surface area contributed by atoms with E-state index in [0.29, 0.717) is 17.2 Å². The predicted octanol–water partition coefficient (Wildman–Crippen LogP) is 3.76. The second-order valence-corrected chi connectivity index (χ2v) is 4.50. The molecule has 2 aromatic rings.